The highest BCUT2D eigenvalue weighted by molar-refractivity contribution is 5.85. The Labute approximate surface area is 153 Å². The molecule has 132 valence electrons. The zero-order valence-electron chi connectivity index (χ0n) is 14.0. The zero-order valence-corrected chi connectivity index (χ0v) is 15.6. The third kappa shape index (κ3) is 5.25. The molecule has 1 aromatic rings. The van der Waals surface area contributed by atoms with Gasteiger partial charge in [0.1, 0.15) is 5.75 Å². The first-order valence-corrected chi connectivity index (χ1v) is 8.56. The van der Waals surface area contributed by atoms with Crippen LogP contribution in [0, 0.1) is 5.92 Å². The van der Waals surface area contributed by atoms with E-state index >= 15 is 0 Å². The van der Waals surface area contributed by atoms with E-state index in [1.54, 1.807) is 0 Å². The molecule has 1 aliphatic carbocycles. The Hall–Kier alpha value is -0.480. The normalized spacial score (nSPS) is 20.4. The first-order valence-electron chi connectivity index (χ1n) is 8.56. The number of benzene rings is 1. The molecule has 1 aliphatic heterocycles. The average Bonchev–Trinajstić information content (AvgIpc) is 3.03. The fourth-order valence-corrected chi connectivity index (χ4v) is 3.97. The van der Waals surface area contributed by atoms with Gasteiger partial charge in [-0.15, -0.1) is 24.8 Å². The van der Waals surface area contributed by atoms with Crippen molar-refractivity contribution < 1.29 is 4.74 Å². The van der Waals surface area contributed by atoms with Gasteiger partial charge in [0.2, 0.25) is 0 Å². The molecular weight excluding hydrogens is 331 g/mol. The molecular formula is C18H30Cl2N2O. The summed E-state index contributed by atoms with van der Waals surface area (Å²) < 4.78 is 5.72. The Morgan fingerprint density at radius 2 is 1.87 bits per heavy atom. The van der Waals surface area contributed by atoms with Gasteiger partial charge in [0.25, 0.3) is 0 Å². The minimum absolute atomic E-state index is 0. The molecule has 0 aromatic heterocycles. The number of halogens is 2. The van der Waals surface area contributed by atoms with Crippen molar-refractivity contribution in [2.75, 3.05) is 32.8 Å². The lowest BCUT2D eigenvalue weighted by atomic mass is 9.89. The Morgan fingerprint density at radius 1 is 1.17 bits per heavy atom. The lowest BCUT2D eigenvalue weighted by molar-refractivity contribution is 0.125. The number of hydrogen-bond acceptors (Lipinski definition) is 3. The lowest BCUT2D eigenvalue weighted by Gasteiger charge is -2.38. The number of rotatable bonds is 5. The highest BCUT2D eigenvalue weighted by Crippen LogP contribution is 2.40. The van der Waals surface area contributed by atoms with Crippen molar-refractivity contribution in [1.29, 1.82) is 0 Å². The lowest BCUT2D eigenvalue weighted by Crippen LogP contribution is -2.46. The molecule has 1 N–H and O–H groups in total. The summed E-state index contributed by atoms with van der Waals surface area (Å²) in [4.78, 5) is 2.69. The third-order valence-corrected chi connectivity index (χ3v) is 4.90. The van der Waals surface area contributed by atoms with Crippen molar-refractivity contribution in [3.63, 3.8) is 0 Å². The van der Waals surface area contributed by atoms with Crippen molar-refractivity contribution >= 4 is 24.8 Å². The summed E-state index contributed by atoms with van der Waals surface area (Å²) in [6, 6.07) is 9.39. The second-order valence-electron chi connectivity index (χ2n) is 6.28. The minimum Gasteiger partial charge on any atom is -0.494 e. The molecule has 3 rings (SSSR count). The molecule has 0 unspecified atom stereocenters. The highest BCUT2D eigenvalue weighted by atomic mass is 35.5. The molecule has 1 atom stereocenters. The number of ether oxygens (including phenoxy) is 1. The van der Waals surface area contributed by atoms with Crippen LogP contribution in [0.25, 0.3) is 0 Å². The first kappa shape index (κ1) is 20.6. The highest BCUT2D eigenvalue weighted by Gasteiger charge is 2.31. The Kier molecular flexibility index (Phi) is 9.30. The summed E-state index contributed by atoms with van der Waals surface area (Å²) in [5.41, 5.74) is 1.45. The second kappa shape index (κ2) is 10.4. The van der Waals surface area contributed by atoms with Gasteiger partial charge in [-0.05, 0) is 43.4 Å². The molecule has 1 heterocycles. The van der Waals surface area contributed by atoms with E-state index in [1.165, 1.54) is 44.3 Å². The van der Waals surface area contributed by atoms with E-state index in [9.17, 15) is 0 Å². The summed E-state index contributed by atoms with van der Waals surface area (Å²) in [5, 5.41) is 3.48. The maximum absolute atomic E-state index is 5.72. The first-order chi connectivity index (χ1) is 10.4. The van der Waals surface area contributed by atoms with Crippen molar-refractivity contribution in [2.24, 2.45) is 5.92 Å². The van der Waals surface area contributed by atoms with Crippen molar-refractivity contribution in [2.45, 2.75) is 38.6 Å². The Balaban J connectivity index is 0.00000132. The number of nitrogens with zero attached hydrogens (tertiary/aromatic N) is 1. The smallest absolute Gasteiger partial charge is 0.119 e. The van der Waals surface area contributed by atoms with Crippen LogP contribution in [0.1, 0.15) is 44.2 Å². The predicted octanol–water partition coefficient (Wildman–Crippen LogP) is 4.07. The fourth-order valence-electron chi connectivity index (χ4n) is 3.97. The van der Waals surface area contributed by atoms with Gasteiger partial charge in [0.15, 0.2) is 0 Å². The average molecular weight is 361 g/mol. The molecule has 0 bridgehead atoms. The summed E-state index contributed by atoms with van der Waals surface area (Å²) in [7, 11) is 0. The third-order valence-electron chi connectivity index (χ3n) is 4.90. The fraction of sp³-hybridized carbons (Fsp3) is 0.667. The van der Waals surface area contributed by atoms with Crippen LogP contribution in [-0.2, 0) is 0 Å². The maximum Gasteiger partial charge on any atom is 0.119 e. The van der Waals surface area contributed by atoms with Crippen LogP contribution in [-0.4, -0.2) is 37.7 Å². The van der Waals surface area contributed by atoms with E-state index in [1.807, 2.05) is 0 Å². The quantitative estimate of drug-likeness (QED) is 0.856. The van der Waals surface area contributed by atoms with E-state index in [4.69, 9.17) is 4.74 Å². The predicted molar refractivity (Wildman–Crippen MR) is 101 cm³/mol. The minimum atomic E-state index is 0. The molecule has 0 radical (unpaired) electrons. The second-order valence-corrected chi connectivity index (χ2v) is 6.28. The van der Waals surface area contributed by atoms with E-state index in [2.05, 4.69) is 41.4 Å². The van der Waals surface area contributed by atoms with Crippen LogP contribution in [0.3, 0.4) is 0 Å². The topological polar surface area (TPSA) is 24.5 Å². The zero-order chi connectivity index (χ0) is 14.5. The van der Waals surface area contributed by atoms with Gasteiger partial charge in [-0.2, -0.15) is 0 Å². The van der Waals surface area contributed by atoms with Gasteiger partial charge < -0.3 is 10.1 Å². The van der Waals surface area contributed by atoms with E-state index < -0.39 is 0 Å². The van der Waals surface area contributed by atoms with E-state index in [0.29, 0.717) is 6.04 Å². The SMILES string of the molecule is CCOc1cccc([C@@H](C2CCCC2)N2CCNCC2)c1.Cl.Cl. The number of nitrogens with one attached hydrogen (secondary N) is 1. The van der Waals surface area contributed by atoms with Crippen LogP contribution in [0.5, 0.6) is 5.75 Å². The van der Waals surface area contributed by atoms with Crippen LogP contribution >= 0.6 is 24.8 Å². The molecule has 0 spiro atoms. The molecule has 2 fully saturated rings. The van der Waals surface area contributed by atoms with Gasteiger partial charge >= 0.3 is 0 Å². The molecule has 1 saturated heterocycles. The molecule has 1 aromatic carbocycles. The van der Waals surface area contributed by atoms with Crippen molar-refractivity contribution in [3.05, 3.63) is 29.8 Å². The molecule has 3 nitrogen and oxygen atoms in total. The maximum atomic E-state index is 5.72. The largest absolute Gasteiger partial charge is 0.494 e. The summed E-state index contributed by atoms with van der Waals surface area (Å²) in [6.07, 6.45) is 5.57. The standard InChI is InChI=1S/C18H28N2O.2ClH/c1-2-21-17-9-5-8-16(14-17)18(15-6-3-4-7-15)20-12-10-19-11-13-20;;/h5,8-9,14-15,18-19H,2-4,6-7,10-13H2,1H3;2*1H/t18-;;/m1../s1. The Morgan fingerprint density at radius 3 is 2.52 bits per heavy atom. The van der Waals surface area contributed by atoms with Crippen molar-refractivity contribution in [3.8, 4) is 5.75 Å². The monoisotopic (exact) mass is 360 g/mol. The Bertz CT molecular complexity index is 446. The molecule has 0 amide bonds. The van der Waals surface area contributed by atoms with Gasteiger partial charge in [-0.3, -0.25) is 4.90 Å². The van der Waals surface area contributed by atoms with E-state index in [0.717, 1.165) is 31.4 Å². The molecule has 23 heavy (non-hydrogen) atoms. The van der Waals surface area contributed by atoms with Gasteiger partial charge in [0.05, 0.1) is 6.61 Å². The summed E-state index contributed by atoms with van der Waals surface area (Å²) >= 11 is 0. The summed E-state index contributed by atoms with van der Waals surface area (Å²) in [5.74, 6) is 1.84. The number of hydrogen-bond donors (Lipinski definition) is 1. The molecule has 1 saturated carbocycles. The number of piperazine rings is 1. The van der Waals surface area contributed by atoms with Gasteiger partial charge in [0, 0.05) is 32.2 Å². The van der Waals surface area contributed by atoms with Gasteiger partial charge in [-0.25, -0.2) is 0 Å². The van der Waals surface area contributed by atoms with Crippen molar-refractivity contribution in [1.82, 2.24) is 10.2 Å². The molecule has 2 aliphatic rings. The van der Waals surface area contributed by atoms with Crippen LogP contribution in [0.4, 0.5) is 0 Å². The van der Waals surface area contributed by atoms with Crippen LogP contribution in [0.2, 0.25) is 0 Å². The molecule has 5 heteroatoms. The van der Waals surface area contributed by atoms with E-state index in [-0.39, 0.29) is 24.8 Å². The summed E-state index contributed by atoms with van der Waals surface area (Å²) in [6.45, 7) is 7.37. The van der Waals surface area contributed by atoms with Crippen LogP contribution in [0.15, 0.2) is 24.3 Å². The van der Waals surface area contributed by atoms with Gasteiger partial charge in [-0.1, -0.05) is 25.0 Å². The van der Waals surface area contributed by atoms with Crippen LogP contribution < -0.4 is 10.1 Å².